The lowest BCUT2D eigenvalue weighted by Crippen LogP contribution is -2.14. The minimum Gasteiger partial charge on any atom is -0.506 e. The van der Waals surface area contributed by atoms with Gasteiger partial charge in [0.2, 0.25) is 0 Å². The molecule has 6 nitrogen and oxygen atoms in total. The number of pyridine rings is 1. The molecule has 0 aliphatic rings. The number of para-hydroxylation sites is 1. The Hall–Kier alpha value is -2.93. The van der Waals surface area contributed by atoms with Gasteiger partial charge in [0.05, 0.1) is 21.9 Å². The van der Waals surface area contributed by atoms with Crippen LogP contribution in [0, 0.1) is 0 Å². The molecule has 0 fully saturated rings. The first kappa shape index (κ1) is 16.9. The molecule has 0 aliphatic heterocycles. The number of carbonyl (C=O) groups excluding carboxylic acids is 1. The molecule has 3 aromatic rings. The quantitative estimate of drug-likeness (QED) is 0.701. The van der Waals surface area contributed by atoms with Crippen LogP contribution >= 0.6 is 0 Å². The van der Waals surface area contributed by atoms with Crippen molar-refractivity contribution in [3.05, 3.63) is 60.3 Å². The third kappa shape index (κ3) is 3.46. The number of carbonyl (C=O) groups is 1. The fraction of sp³-hybridized carbons (Fsp3) is 0.111. The van der Waals surface area contributed by atoms with Gasteiger partial charge in [-0.15, -0.1) is 0 Å². The molecular weight excluding hydrogens is 340 g/mol. The van der Waals surface area contributed by atoms with Gasteiger partial charge in [-0.05, 0) is 30.3 Å². The van der Waals surface area contributed by atoms with E-state index in [0.717, 1.165) is 5.39 Å². The lowest BCUT2D eigenvalue weighted by molar-refractivity contribution is 0.102. The van der Waals surface area contributed by atoms with Gasteiger partial charge in [0.25, 0.3) is 5.91 Å². The Morgan fingerprint density at radius 3 is 2.64 bits per heavy atom. The zero-order valence-corrected chi connectivity index (χ0v) is 14.2. The van der Waals surface area contributed by atoms with Crippen LogP contribution < -0.4 is 5.32 Å². The van der Waals surface area contributed by atoms with Crippen LogP contribution in [0.5, 0.6) is 5.75 Å². The minimum atomic E-state index is -3.44. The van der Waals surface area contributed by atoms with Crippen molar-refractivity contribution in [2.24, 2.45) is 0 Å². The van der Waals surface area contributed by atoms with Crippen LogP contribution in [0.4, 0.5) is 5.69 Å². The summed E-state index contributed by atoms with van der Waals surface area (Å²) in [7, 11) is -3.44. The average molecular weight is 356 g/mol. The summed E-state index contributed by atoms with van der Waals surface area (Å²) in [5.41, 5.74) is 0.859. The molecule has 0 bridgehead atoms. The number of phenolic OH excluding ortho intramolecular Hbond substituents is 1. The van der Waals surface area contributed by atoms with E-state index in [1.807, 2.05) is 18.2 Å². The van der Waals surface area contributed by atoms with Crippen LogP contribution in [0.1, 0.15) is 17.4 Å². The predicted octanol–water partition coefficient (Wildman–Crippen LogP) is 2.99. The minimum absolute atomic E-state index is 0.0227. The number of fused-ring (bicyclic) bond motifs is 1. The van der Waals surface area contributed by atoms with Crippen LogP contribution in [0.2, 0.25) is 0 Å². The van der Waals surface area contributed by atoms with Crippen LogP contribution in [-0.2, 0) is 9.84 Å². The van der Waals surface area contributed by atoms with E-state index in [1.165, 1.54) is 25.1 Å². The second-order valence-electron chi connectivity index (χ2n) is 5.43. The van der Waals surface area contributed by atoms with E-state index < -0.39 is 15.7 Å². The summed E-state index contributed by atoms with van der Waals surface area (Å²) in [6, 6.07) is 14.5. The first-order valence-corrected chi connectivity index (χ1v) is 9.29. The number of anilines is 1. The standard InChI is InChI=1S/C18H16N2O4S/c1-2-25(23,24)13-8-10-17(21)16(11-13)20-18(22)15-9-7-12-5-3-4-6-14(12)19-15/h3-11,21H,2H2,1H3,(H,20,22). The molecule has 0 saturated carbocycles. The number of benzene rings is 2. The third-order valence-corrected chi connectivity index (χ3v) is 5.52. The second-order valence-corrected chi connectivity index (χ2v) is 7.70. The maximum Gasteiger partial charge on any atom is 0.274 e. The topological polar surface area (TPSA) is 96.4 Å². The van der Waals surface area contributed by atoms with Crippen molar-refractivity contribution < 1.29 is 18.3 Å². The molecule has 1 heterocycles. The van der Waals surface area contributed by atoms with Gasteiger partial charge in [0.15, 0.2) is 9.84 Å². The zero-order chi connectivity index (χ0) is 18.0. The summed E-state index contributed by atoms with van der Waals surface area (Å²) < 4.78 is 23.9. The SMILES string of the molecule is CCS(=O)(=O)c1ccc(O)c(NC(=O)c2ccc3ccccc3n2)c1. The number of sulfone groups is 1. The highest BCUT2D eigenvalue weighted by atomic mass is 32.2. The summed E-state index contributed by atoms with van der Waals surface area (Å²) in [6.07, 6.45) is 0. The zero-order valence-electron chi connectivity index (χ0n) is 13.4. The molecule has 0 saturated heterocycles. The van der Waals surface area contributed by atoms with Gasteiger partial charge in [0, 0.05) is 5.39 Å². The van der Waals surface area contributed by atoms with Crippen molar-refractivity contribution in [2.45, 2.75) is 11.8 Å². The Balaban J connectivity index is 1.93. The predicted molar refractivity (Wildman–Crippen MR) is 95.5 cm³/mol. The van der Waals surface area contributed by atoms with Gasteiger partial charge >= 0.3 is 0 Å². The normalized spacial score (nSPS) is 11.4. The molecule has 128 valence electrons. The van der Waals surface area contributed by atoms with Crippen molar-refractivity contribution in [3.63, 3.8) is 0 Å². The molecule has 0 spiro atoms. The van der Waals surface area contributed by atoms with E-state index in [9.17, 15) is 18.3 Å². The van der Waals surface area contributed by atoms with Crippen LogP contribution in [0.3, 0.4) is 0 Å². The van der Waals surface area contributed by atoms with Gasteiger partial charge < -0.3 is 10.4 Å². The third-order valence-electron chi connectivity index (χ3n) is 3.79. The van der Waals surface area contributed by atoms with Crippen molar-refractivity contribution in [1.82, 2.24) is 4.98 Å². The number of nitrogens with zero attached hydrogens (tertiary/aromatic N) is 1. The summed E-state index contributed by atoms with van der Waals surface area (Å²) in [6.45, 7) is 1.53. The number of hydrogen-bond donors (Lipinski definition) is 2. The Kier molecular flexibility index (Phi) is 4.41. The van der Waals surface area contributed by atoms with Crippen molar-refractivity contribution in [2.75, 3.05) is 11.1 Å². The fourth-order valence-corrected chi connectivity index (χ4v) is 3.26. The van der Waals surface area contributed by atoms with Crippen LogP contribution in [-0.4, -0.2) is 30.2 Å². The van der Waals surface area contributed by atoms with Crippen LogP contribution in [0.15, 0.2) is 59.5 Å². The highest BCUT2D eigenvalue weighted by Gasteiger charge is 2.16. The van der Waals surface area contributed by atoms with E-state index in [2.05, 4.69) is 10.3 Å². The summed E-state index contributed by atoms with van der Waals surface area (Å²) in [5.74, 6) is -0.825. The lowest BCUT2D eigenvalue weighted by Gasteiger charge is -2.10. The van der Waals surface area contributed by atoms with Crippen LogP contribution in [0.25, 0.3) is 10.9 Å². The van der Waals surface area contributed by atoms with Gasteiger partial charge in [-0.1, -0.05) is 31.2 Å². The molecule has 7 heteroatoms. The number of aromatic hydroxyl groups is 1. The Morgan fingerprint density at radius 1 is 1.12 bits per heavy atom. The van der Waals surface area contributed by atoms with Crippen molar-refractivity contribution >= 4 is 32.3 Å². The highest BCUT2D eigenvalue weighted by Crippen LogP contribution is 2.27. The number of nitrogens with one attached hydrogen (secondary N) is 1. The van der Waals surface area contributed by atoms with E-state index >= 15 is 0 Å². The molecule has 25 heavy (non-hydrogen) atoms. The Bertz CT molecular complexity index is 1060. The number of amides is 1. The van der Waals surface area contributed by atoms with E-state index in [4.69, 9.17) is 0 Å². The maximum absolute atomic E-state index is 12.4. The average Bonchev–Trinajstić information content (AvgIpc) is 2.62. The van der Waals surface area contributed by atoms with E-state index in [-0.39, 0.29) is 27.8 Å². The first-order chi connectivity index (χ1) is 11.9. The van der Waals surface area contributed by atoms with Gasteiger partial charge in [-0.25, -0.2) is 13.4 Å². The van der Waals surface area contributed by atoms with Crippen molar-refractivity contribution in [3.8, 4) is 5.75 Å². The maximum atomic E-state index is 12.4. The molecule has 0 unspecified atom stereocenters. The monoisotopic (exact) mass is 356 g/mol. The Labute approximate surface area is 145 Å². The molecule has 2 aromatic carbocycles. The molecular formula is C18H16N2O4S. The molecule has 1 amide bonds. The summed E-state index contributed by atoms with van der Waals surface area (Å²) >= 11 is 0. The van der Waals surface area contributed by atoms with E-state index in [1.54, 1.807) is 18.2 Å². The number of aromatic nitrogens is 1. The molecule has 0 aliphatic carbocycles. The molecule has 0 atom stereocenters. The molecule has 0 radical (unpaired) electrons. The number of rotatable bonds is 4. The first-order valence-electron chi connectivity index (χ1n) is 7.63. The summed E-state index contributed by atoms with van der Waals surface area (Å²) in [4.78, 5) is 16.7. The van der Waals surface area contributed by atoms with Crippen molar-refractivity contribution in [1.29, 1.82) is 0 Å². The number of hydrogen-bond acceptors (Lipinski definition) is 5. The largest absolute Gasteiger partial charge is 0.506 e. The molecule has 1 aromatic heterocycles. The fourth-order valence-electron chi connectivity index (χ4n) is 2.35. The summed E-state index contributed by atoms with van der Waals surface area (Å²) in [5, 5.41) is 13.3. The van der Waals surface area contributed by atoms with Gasteiger partial charge in [-0.2, -0.15) is 0 Å². The van der Waals surface area contributed by atoms with Gasteiger partial charge in [-0.3, -0.25) is 4.79 Å². The van der Waals surface area contributed by atoms with E-state index in [0.29, 0.717) is 5.52 Å². The number of phenols is 1. The molecule has 2 N–H and O–H groups in total. The second kappa shape index (κ2) is 6.52. The highest BCUT2D eigenvalue weighted by molar-refractivity contribution is 7.91. The lowest BCUT2D eigenvalue weighted by atomic mass is 10.2. The van der Waals surface area contributed by atoms with Gasteiger partial charge in [0.1, 0.15) is 11.4 Å². The smallest absolute Gasteiger partial charge is 0.274 e. The molecule has 3 rings (SSSR count). The Morgan fingerprint density at radius 2 is 1.88 bits per heavy atom.